The van der Waals surface area contributed by atoms with Gasteiger partial charge in [-0.15, -0.1) is 0 Å². The van der Waals surface area contributed by atoms with E-state index in [0.717, 1.165) is 25.0 Å². The van der Waals surface area contributed by atoms with Crippen molar-refractivity contribution in [3.05, 3.63) is 0 Å². The van der Waals surface area contributed by atoms with Gasteiger partial charge in [-0.3, -0.25) is 4.90 Å². The minimum Gasteiger partial charge on any atom is -0.293 e. The number of rotatable bonds is 3. The average molecular weight is 204 g/mol. The summed E-state index contributed by atoms with van der Waals surface area (Å²) in [6.45, 7) is 7.39. The Labute approximate surface area is 71.9 Å². The highest BCUT2D eigenvalue weighted by atomic mass is 79.9. The molecule has 0 unspecified atom stereocenters. The Balaban J connectivity index is 3.43. The summed E-state index contributed by atoms with van der Waals surface area (Å²) in [5, 5.41) is 0.786. The van der Waals surface area contributed by atoms with Crippen LogP contribution in [0.1, 0.15) is 13.8 Å². The Hall–Kier alpha value is 0. The fraction of sp³-hybridized carbons (Fsp3) is 0.750. The van der Waals surface area contributed by atoms with Crippen molar-refractivity contribution in [1.82, 2.24) is 4.90 Å². The van der Waals surface area contributed by atoms with Crippen LogP contribution in [-0.4, -0.2) is 29.9 Å². The zero-order valence-electron chi connectivity index (χ0n) is 6.65. The first-order valence-corrected chi connectivity index (χ1v) is 4.71. The maximum Gasteiger partial charge on any atom is 0.0645 e. The van der Waals surface area contributed by atoms with Gasteiger partial charge in [0, 0.05) is 0 Å². The number of hydrogen-bond donors (Lipinski definition) is 0. The molecule has 10 heavy (non-hydrogen) atoms. The molecule has 0 rings (SSSR count). The molecule has 2 heteroatoms. The average Bonchev–Trinajstić information content (AvgIpc) is 1.99. The molecule has 0 aliphatic carbocycles. The molecular weight excluding hydrogens is 190 g/mol. The molecule has 0 aliphatic rings. The van der Waals surface area contributed by atoms with E-state index in [9.17, 15) is 0 Å². The monoisotopic (exact) mass is 203 g/mol. The van der Waals surface area contributed by atoms with Gasteiger partial charge in [0.2, 0.25) is 0 Å². The van der Waals surface area contributed by atoms with Crippen molar-refractivity contribution in [1.29, 1.82) is 0 Å². The second-order valence-corrected chi connectivity index (χ2v) is 2.51. The minimum absolute atomic E-state index is 0.786. The molecule has 0 amide bonds. The molecule has 0 saturated heterocycles. The van der Waals surface area contributed by atoms with Crippen LogP contribution in [0, 0.1) is 11.8 Å². The first-order chi connectivity index (χ1) is 4.85. The molecule has 0 N–H and O–H groups in total. The van der Waals surface area contributed by atoms with E-state index in [2.05, 4.69) is 46.5 Å². The molecule has 0 saturated carbocycles. The van der Waals surface area contributed by atoms with Crippen LogP contribution in [0.3, 0.4) is 0 Å². The van der Waals surface area contributed by atoms with Crippen molar-refractivity contribution in [3.8, 4) is 11.8 Å². The molecule has 58 valence electrons. The SMILES string of the molecule is CCN(CC)CC#CCBr. The summed E-state index contributed by atoms with van der Waals surface area (Å²) in [5.41, 5.74) is 0. The summed E-state index contributed by atoms with van der Waals surface area (Å²) in [5.74, 6) is 6.04. The van der Waals surface area contributed by atoms with E-state index in [4.69, 9.17) is 0 Å². The second-order valence-electron chi connectivity index (χ2n) is 1.95. The lowest BCUT2D eigenvalue weighted by molar-refractivity contribution is 0.342. The Morgan fingerprint density at radius 1 is 1.20 bits per heavy atom. The van der Waals surface area contributed by atoms with Crippen LogP contribution < -0.4 is 0 Å². The summed E-state index contributed by atoms with van der Waals surface area (Å²) in [4.78, 5) is 2.29. The van der Waals surface area contributed by atoms with Gasteiger partial charge in [-0.05, 0) is 13.1 Å². The van der Waals surface area contributed by atoms with Gasteiger partial charge in [0.1, 0.15) is 0 Å². The van der Waals surface area contributed by atoms with Crippen molar-refractivity contribution in [2.45, 2.75) is 13.8 Å². The topological polar surface area (TPSA) is 3.24 Å². The van der Waals surface area contributed by atoms with Crippen LogP contribution >= 0.6 is 15.9 Å². The fourth-order valence-electron chi connectivity index (χ4n) is 0.662. The van der Waals surface area contributed by atoms with Gasteiger partial charge in [0.25, 0.3) is 0 Å². The molecule has 0 aromatic carbocycles. The number of hydrogen-bond acceptors (Lipinski definition) is 1. The van der Waals surface area contributed by atoms with E-state index in [1.165, 1.54) is 0 Å². The van der Waals surface area contributed by atoms with E-state index in [0.29, 0.717) is 0 Å². The van der Waals surface area contributed by atoms with E-state index in [-0.39, 0.29) is 0 Å². The van der Waals surface area contributed by atoms with Crippen molar-refractivity contribution in [2.24, 2.45) is 0 Å². The molecule has 0 heterocycles. The van der Waals surface area contributed by atoms with Gasteiger partial charge in [0.15, 0.2) is 0 Å². The predicted octanol–water partition coefficient (Wildman–Crippen LogP) is 1.73. The van der Waals surface area contributed by atoms with Crippen LogP contribution in [0.15, 0.2) is 0 Å². The molecule has 0 aromatic rings. The van der Waals surface area contributed by atoms with Gasteiger partial charge in [-0.25, -0.2) is 0 Å². The third-order valence-corrected chi connectivity index (χ3v) is 1.67. The first kappa shape index (κ1) is 10.0. The Bertz CT molecular complexity index is 119. The normalized spacial score (nSPS) is 9.20. The Morgan fingerprint density at radius 2 is 1.80 bits per heavy atom. The third-order valence-electron chi connectivity index (χ3n) is 1.39. The zero-order chi connectivity index (χ0) is 7.82. The highest BCUT2D eigenvalue weighted by molar-refractivity contribution is 9.09. The summed E-state index contributed by atoms with van der Waals surface area (Å²) in [6, 6.07) is 0. The largest absolute Gasteiger partial charge is 0.293 e. The van der Waals surface area contributed by atoms with E-state index in [1.807, 2.05) is 0 Å². The maximum atomic E-state index is 3.25. The number of nitrogens with zero attached hydrogens (tertiary/aromatic N) is 1. The standard InChI is InChI=1S/C8H14BrN/c1-3-10(4-2)8-6-5-7-9/h3-4,7-8H2,1-2H3. The van der Waals surface area contributed by atoms with Crippen LogP contribution in [-0.2, 0) is 0 Å². The van der Waals surface area contributed by atoms with Gasteiger partial charge in [-0.2, -0.15) is 0 Å². The zero-order valence-corrected chi connectivity index (χ0v) is 8.24. The smallest absolute Gasteiger partial charge is 0.0645 e. The molecular formula is C8H14BrN. The molecule has 0 aromatic heterocycles. The summed E-state index contributed by atoms with van der Waals surface area (Å²) >= 11 is 3.25. The second kappa shape index (κ2) is 7.11. The maximum absolute atomic E-state index is 3.25. The molecule has 0 atom stereocenters. The lowest BCUT2D eigenvalue weighted by Gasteiger charge is -2.12. The van der Waals surface area contributed by atoms with Crippen molar-refractivity contribution < 1.29 is 0 Å². The van der Waals surface area contributed by atoms with Crippen molar-refractivity contribution in [2.75, 3.05) is 25.0 Å². The van der Waals surface area contributed by atoms with Crippen LogP contribution in [0.4, 0.5) is 0 Å². The van der Waals surface area contributed by atoms with Gasteiger partial charge < -0.3 is 0 Å². The molecule has 1 nitrogen and oxygen atoms in total. The minimum atomic E-state index is 0.786. The van der Waals surface area contributed by atoms with Crippen LogP contribution in [0.25, 0.3) is 0 Å². The lowest BCUT2D eigenvalue weighted by Crippen LogP contribution is -2.22. The summed E-state index contributed by atoms with van der Waals surface area (Å²) < 4.78 is 0. The van der Waals surface area contributed by atoms with Crippen molar-refractivity contribution in [3.63, 3.8) is 0 Å². The Morgan fingerprint density at radius 3 is 2.20 bits per heavy atom. The van der Waals surface area contributed by atoms with E-state index >= 15 is 0 Å². The molecule has 0 radical (unpaired) electrons. The molecule has 0 aliphatic heterocycles. The molecule has 0 bridgehead atoms. The lowest BCUT2D eigenvalue weighted by atomic mass is 10.5. The Kier molecular flexibility index (Phi) is 7.11. The fourth-order valence-corrected chi connectivity index (χ4v) is 0.860. The predicted molar refractivity (Wildman–Crippen MR) is 49.4 cm³/mol. The van der Waals surface area contributed by atoms with Gasteiger partial charge in [0.05, 0.1) is 11.9 Å². The third kappa shape index (κ3) is 4.84. The van der Waals surface area contributed by atoms with E-state index in [1.54, 1.807) is 0 Å². The quantitative estimate of drug-likeness (QED) is 0.499. The van der Waals surface area contributed by atoms with E-state index < -0.39 is 0 Å². The molecule has 0 fully saturated rings. The summed E-state index contributed by atoms with van der Waals surface area (Å²) in [6.07, 6.45) is 0. The number of halogens is 1. The van der Waals surface area contributed by atoms with Crippen LogP contribution in [0.5, 0.6) is 0 Å². The van der Waals surface area contributed by atoms with Crippen molar-refractivity contribution >= 4 is 15.9 Å². The highest BCUT2D eigenvalue weighted by Crippen LogP contribution is 1.83. The van der Waals surface area contributed by atoms with Gasteiger partial charge >= 0.3 is 0 Å². The number of alkyl halides is 1. The van der Waals surface area contributed by atoms with Gasteiger partial charge in [-0.1, -0.05) is 41.6 Å². The summed E-state index contributed by atoms with van der Waals surface area (Å²) in [7, 11) is 0. The first-order valence-electron chi connectivity index (χ1n) is 3.59. The molecule has 0 spiro atoms. The highest BCUT2D eigenvalue weighted by Gasteiger charge is 1.92. The van der Waals surface area contributed by atoms with Crippen LogP contribution in [0.2, 0.25) is 0 Å².